The molecule has 0 aliphatic rings. The van der Waals surface area contributed by atoms with E-state index in [0.29, 0.717) is 12.8 Å². The molecule has 0 aromatic rings. The summed E-state index contributed by atoms with van der Waals surface area (Å²) >= 11 is 0. The van der Waals surface area contributed by atoms with Gasteiger partial charge in [0.1, 0.15) is 0 Å². The summed E-state index contributed by atoms with van der Waals surface area (Å²) in [6, 6.07) is 0. The molecule has 0 atom stereocenters. The van der Waals surface area contributed by atoms with Crippen molar-refractivity contribution in [2.45, 2.75) is 136 Å². The second kappa shape index (κ2) is 19.1. The van der Waals surface area contributed by atoms with Gasteiger partial charge < -0.3 is 14.5 Å². The summed E-state index contributed by atoms with van der Waals surface area (Å²) in [6.45, 7) is 6.42. The molecule has 0 aromatic heterocycles. The minimum atomic E-state index is -4.31. The third-order valence-corrected chi connectivity index (χ3v) is 7.25. The van der Waals surface area contributed by atoms with Crippen LogP contribution in [0.25, 0.3) is 0 Å². The fraction of sp³-hybridized carbons (Fsp3) is 0.960. The number of hydrogen-bond donors (Lipinski definition) is 2. The summed E-state index contributed by atoms with van der Waals surface area (Å²) in [5, 5.41) is 0. The van der Waals surface area contributed by atoms with Gasteiger partial charge >= 0.3 is 13.6 Å². The Labute approximate surface area is 192 Å². The van der Waals surface area contributed by atoms with E-state index < -0.39 is 19.0 Å². The van der Waals surface area contributed by atoms with E-state index >= 15 is 0 Å². The third kappa shape index (κ3) is 16.8. The first-order chi connectivity index (χ1) is 14.8. The van der Waals surface area contributed by atoms with Crippen molar-refractivity contribution in [2.24, 2.45) is 5.41 Å². The Morgan fingerprint density at radius 3 is 1.35 bits per heavy atom. The number of hydrogen-bond acceptors (Lipinski definition) is 3. The van der Waals surface area contributed by atoms with Crippen molar-refractivity contribution < 1.29 is 23.9 Å². The van der Waals surface area contributed by atoms with E-state index in [0.717, 1.165) is 38.5 Å². The van der Waals surface area contributed by atoms with Crippen LogP contribution in [0.1, 0.15) is 136 Å². The fourth-order valence-electron chi connectivity index (χ4n) is 4.42. The van der Waals surface area contributed by atoms with Gasteiger partial charge in [-0.3, -0.25) is 9.36 Å². The Morgan fingerprint density at radius 2 is 1.03 bits per heavy atom. The van der Waals surface area contributed by atoms with Gasteiger partial charge in [-0.15, -0.1) is 0 Å². The van der Waals surface area contributed by atoms with Crippen LogP contribution in [0.3, 0.4) is 0 Å². The largest absolute Gasteiger partial charge is 0.466 e. The zero-order chi connectivity index (χ0) is 23.4. The normalized spacial score (nSPS) is 12.3. The predicted molar refractivity (Wildman–Crippen MR) is 130 cm³/mol. The van der Waals surface area contributed by atoms with Crippen molar-refractivity contribution in [2.75, 3.05) is 12.8 Å². The maximum Gasteiger partial charge on any atom is 0.326 e. The van der Waals surface area contributed by atoms with Gasteiger partial charge in [-0.1, -0.05) is 117 Å². The SMILES string of the molecule is CCCCCCCCCCC(CCCCCCCCCC)(CP(=O)(O)O)C(=O)OCC. The maximum atomic E-state index is 12.9. The van der Waals surface area contributed by atoms with Gasteiger partial charge in [-0.05, 0) is 19.8 Å². The van der Waals surface area contributed by atoms with E-state index in [1.807, 2.05) is 0 Å². The van der Waals surface area contributed by atoms with Gasteiger partial charge in [0.05, 0.1) is 18.2 Å². The molecular formula is C25H51O5P. The minimum Gasteiger partial charge on any atom is -0.466 e. The summed E-state index contributed by atoms with van der Waals surface area (Å²) in [5.41, 5.74) is -1.04. The van der Waals surface area contributed by atoms with Crippen LogP contribution in [0.5, 0.6) is 0 Å². The number of carbonyl (C=O) groups excluding carboxylic acids is 1. The first kappa shape index (κ1) is 30.6. The van der Waals surface area contributed by atoms with Crippen LogP contribution in [-0.4, -0.2) is 28.5 Å². The molecule has 2 N–H and O–H groups in total. The van der Waals surface area contributed by atoms with Crippen molar-refractivity contribution in [1.82, 2.24) is 0 Å². The Bertz CT molecular complexity index is 455. The number of esters is 1. The molecule has 186 valence electrons. The molecule has 0 aliphatic heterocycles. The van der Waals surface area contributed by atoms with Gasteiger partial charge in [0, 0.05) is 0 Å². The van der Waals surface area contributed by atoms with E-state index in [4.69, 9.17) is 4.74 Å². The smallest absolute Gasteiger partial charge is 0.326 e. The standard InChI is InChI=1S/C25H51O5P/c1-4-7-9-11-13-15-17-19-21-25(23-31(27,28)29,24(26)30-6-3)22-20-18-16-14-12-10-8-5-2/h4-23H2,1-3H3,(H2,27,28,29). The highest BCUT2D eigenvalue weighted by molar-refractivity contribution is 7.51. The van der Waals surface area contributed by atoms with Crippen molar-refractivity contribution >= 4 is 13.6 Å². The lowest BCUT2D eigenvalue weighted by atomic mass is 9.79. The molecule has 31 heavy (non-hydrogen) atoms. The Balaban J connectivity index is 4.72. The Hall–Kier alpha value is -0.380. The summed E-state index contributed by atoms with van der Waals surface area (Å²) in [4.78, 5) is 32.3. The number of carbonyl (C=O) groups is 1. The number of ether oxygens (including phenoxy) is 1. The summed E-state index contributed by atoms with van der Waals surface area (Å²) in [5.74, 6) is -0.413. The fourth-order valence-corrected chi connectivity index (χ4v) is 5.66. The van der Waals surface area contributed by atoms with Crippen LogP contribution in [-0.2, 0) is 14.1 Å². The van der Waals surface area contributed by atoms with Crippen molar-refractivity contribution in [1.29, 1.82) is 0 Å². The highest BCUT2D eigenvalue weighted by Crippen LogP contribution is 2.47. The molecule has 0 spiro atoms. The minimum absolute atomic E-state index is 0.247. The molecule has 6 heteroatoms. The van der Waals surface area contributed by atoms with Crippen LogP contribution in [0.15, 0.2) is 0 Å². The molecule has 0 saturated carbocycles. The van der Waals surface area contributed by atoms with E-state index in [9.17, 15) is 19.1 Å². The molecular weight excluding hydrogens is 411 g/mol. The maximum absolute atomic E-state index is 12.9. The van der Waals surface area contributed by atoms with E-state index in [1.54, 1.807) is 6.92 Å². The molecule has 5 nitrogen and oxygen atoms in total. The van der Waals surface area contributed by atoms with Gasteiger partial charge in [0.25, 0.3) is 0 Å². The van der Waals surface area contributed by atoms with Crippen molar-refractivity contribution in [3.63, 3.8) is 0 Å². The second-order valence-electron chi connectivity index (χ2n) is 9.27. The van der Waals surface area contributed by atoms with Gasteiger partial charge in [-0.25, -0.2) is 0 Å². The van der Waals surface area contributed by atoms with Crippen LogP contribution in [0.2, 0.25) is 0 Å². The molecule has 0 rings (SSSR count). The third-order valence-electron chi connectivity index (χ3n) is 6.23. The molecule has 0 radical (unpaired) electrons. The van der Waals surface area contributed by atoms with Gasteiger partial charge in [-0.2, -0.15) is 0 Å². The summed E-state index contributed by atoms with van der Waals surface area (Å²) in [6.07, 6.45) is 19.0. The number of unbranched alkanes of at least 4 members (excludes halogenated alkanes) is 14. The van der Waals surface area contributed by atoms with E-state index in [-0.39, 0.29) is 12.8 Å². The van der Waals surface area contributed by atoms with Crippen LogP contribution < -0.4 is 0 Å². The number of rotatable bonds is 22. The first-order valence-electron chi connectivity index (χ1n) is 13.0. The van der Waals surface area contributed by atoms with Crippen LogP contribution in [0.4, 0.5) is 0 Å². The first-order valence-corrected chi connectivity index (χ1v) is 14.8. The molecule has 0 bridgehead atoms. The lowest BCUT2D eigenvalue weighted by molar-refractivity contribution is -0.155. The van der Waals surface area contributed by atoms with Gasteiger partial charge in [0.2, 0.25) is 0 Å². The molecule has 0 aromatic carbocycles. The molecule has 0 heterocycles. The Kier molecular flexibility index (Phi) is 18.9. The topological polar surface area (TPSA) is 83.8 Å². The molecule has 0 amide bonds. The van der Waals surface area contributed by atoms with E-state index in [2.05, 4.69) is 13.8 Å². The molecule has 0 fully saturated rings. The highest BCUT2D eigenvalue weighted by atomic mass is 31.2. The van der Waals surface area contributed by atoms with Crippen LogP contribution >= 0.6 is 7.60 Å². The lowest BCUT2D eigenvalue weighted by Crippen LogP contribution is -2.37. The lowest BCUT2D eigenvalue weighted by Gasteiger charge is -2.32. The quantitative estimate of drug-likeness (QED) is 0.0975. The van der Waals surface area contributed by atoms with Gasteiger partial charge in [0.15, 0.2) is 0 Å². The molecule has 0 saturated heterocycles. The monoisotopic (exact) mass is 462 g/mol. The Morgan fingerprint density at radius 1 is 0.677 bits per heavy atom. The zero-order valence-corrected chi connectivity index (χ0v) is 21.6. The van der Waals surface area contributed by atoms with Crippen LogP contribution in [0, 0.1) is 5.41 Å². The molecule has 0 unspecified atom stereocenters. The predicted octanol–water partition coefficient (Wildman–Crippen LogP) is 7.78. The summed E-state index contributed by atoms with van der Waals surface area (Å²) < 4.78 is 17.2. The average molecular weight is 463 g/mol. The molecule has 0 aliphatic carbocycles. The van der Waals surface area contributed by atoms with Crippen molar-refractivity contribution in [3.05, 3.63) is 0 Å². The van der Waals surface area contributed by atoms with Crippen molar-refractivity contribution in [3.8, 4) is 0 Å². The second-order valence-corrected chi connectivity index (χ2v) is 10.9. The zero-order valence-electron chi connectivity index (χ0n) is 20.7. The summed E-state index contributed by atoms with van der Waals surface area (Å²) in [7, 11) is -4.31. The average Bonchev–Trinajstić information content (AvgIpc) is 2.70. The van der Waals surface area contributed by atoms with E-state index in [1.165, 1.54) is 64.2 Å². The highest BCUT2D eigenvalue weighted by Gasteiger charge is 2.43.